The third kappa shape index (κ3) is 1.96. The molecule has 1 aromatic carbocycles. The maximum atomic E-state index is 11.9. The van der Waals surface area contributed by atoms with Gasteiger partial charge in [-0.25, -0.2) is 4.79 Å². The first-order valence-corrected chi connectivity index (χ1v) is 4.94. The van der Waals surface area contributed by atoms with Gasteiger partial charge in [-0.15, -0.1) is 0 Å². The molecular formula is C11H10N2O4. The highest BCUT2D eigenvalue weighted by molar-refractivity contribution is 5.79. The van der Waals surface area contributed by atoms with E-state index in [9.17, 15) is 19.5 Å². The first kappa shape index (κ1) is 11.1. The van der Waals surface area contributed by atoms with E-state index in [0.29, 0.717) is 0 Å². The Hall–Kier alpha value is -2.37. The van der Waals surface area contributed by atoms with Crippen molar-refractivity contribution in [2.45, 2.75) is 13.5 Å². The summed E-state index contributed by atoms with van der Waals surface area (Å²) in [7, 11) is 0. The zero-order valence-corrected chi connectivity index (χ0v) is 9.06. The molecule has 0 aliphatic rings. The van der Waals surface area contributed by atoms with Gasteiger partial charge in [0, 0.05) is 6.07 Å². The Kier molecular flexibility index (Phi) is 2.55. The van der Waals surface area contributed by atoms with Gasteiger partial charge >= 0.3 is 5.69 Å². The molecule has 0 bridgehead atoms. The van der Waals surface area contributed by atoms with Crippen molar-refractivity contribution in [2.75, 3.05) is 0 Å². The zero-order chi connectivity index (χ0) is 12.6. The number of phenolic OH excluding ortho intramolecular Hbond substituents is 1. The third-order valence-corrected chi connectivity index (χ3v) is 2.35. The summed E-state index contributed by atoms with van der Waals surface area (Å²) >= 11 is 0. The number of aromatic amines is 1. The first-order chi connectivity index (χ1) is 7.99. The summed E-state index contributed by atoms with van der Waals surface area (Å²) in [6, 6.07) is 4.04. The molecule has 0 aliphatic carbocycles. The lowest BCUT2D eigenvalue weighted by Gasteiger charge is -2.04. The lowest BCUT2D eigenvalue weighted by atomic mass is 10.2. The SMILES string of the molecule is CC(=O)Cn1c(=O)[nH]c2cc(O)ccc2c1=O. The Balaban J connectivity index is 2.81. The minimum Gasteiger partial charge on any atom is -0.508 e. The van der Waals surface area contributed by atoms with Crippen molar-refractivity contribution in [3.63, 3.8) is 0 Å². The molecule has 17 heavy (non-hydrogen) atoms. The van der Waals surface area contributed by atoms with Crippen LogP contribution in [0, 0.1) is 0 Å². The topological polar surface area (TPSA) is 92.2 Å². The fourth-order valence-electron chi connectivity index (χ4n) is 1.61. The van der Waals surface area contributed by atoms with Gasteiger partial charge in [-0.1, -0.05) is 0 Å². The van der Waals surface area contributed by atoms with Gasteiger partial charge in [-0.2, -0.15) is 0 Å². The van der Waals surface area contributed by atoms with Crippen LogP contribution in [-0.2, 0) is 11.3 Å². The van der Waals surface area contributed by atoms with Crippen LogP contribution in [0.2, 0.25) is 0 Å². The number of carbonyl (C=O) groups excluding carboxylic acids is 1. The molecule has 0 fully saturated rings. The van der Waals surface area contributed by atoms with Gasteiger partial charge in [0.25, 0.3) is 5.56 Å². The summed E-state index contributed by atoms with van der Waals surface area (Å²) in [5, 5.41) is 9.50. The van der Waals surface area contributed by atoms with Crippen LogP contribution in [0.25, 0.3) is 10.9 Å². The lowest BCUT2D eigenvalue weighted by molar-refractivity contribution is -0.117. The lowest BCUT2D eigenvalue weighted by Crippen LogP contribution is -2.36. The first-order valence-electron chi connectivity index (χ1n) is 4.94. The van der Waals surface area contributed by atoms with E-state index >= 15 is 0 Å². The van der Waals surface area contributed by atoms with Crippen molar-refractivity contribution in [1.29, 1.82) is 0 Å². The van der Waals surface area contributed by atoms with Crippen molar-refractivity contribution < 1.29 is 9.90 Å². The summed E-state index contributed by atoms with van der Waals surface area (Å²) in [6.07, 6.45) is 0. The number of ketones is 1. The molecule has 0 amide bonds. The van der Waals surface area contributed by atoms with Gasteiger partial charge in [0.05, 0.1) is 17.4 Å². The van der Waals surface area contributed by atoms with Gasteiger partial charge in [0.2, 0.25) is 0 Å². The number of nitrogens with zero attached hydrogens (tertiary/aromatic N) is 1. The summed E-state index contributed by atoms with van der Waals surface area (Å²) in [4.78, 5) is 36.9. The summed E-state index contributed by atoms with van der Waals surface area (Å²) < 4.78 is 0.835. The average Bonchev–Trinajstić information content (AvgIpc) is 2.23. The van der Waals surface area contributed by atoms with Crippen LogP contribution in [-0.4, -0.2) is 20.4 Å². The van der Waals surface area contributed by atoms with Crippen molar-refractivity contribution in [3.8, 4) is 5.75 Å². The van der Waals surface area contributed by atoms with E-state index in [1.54, 1.807) is 0 Å². The smallest absolute Gasteiger partial charge is 0.329 e. The molecule has 0 saturated carbocycles. The molecule has 0 saturated heterocycles. The number of aromatic hydroxyl groups is 1. The largest absolute Gasteiger partial charge is 0.508 e. The minimum atomic E-state index is -0.664. The molecular weight excluding hydrogens is 224 g/mol. The predicted octanol–water partition coefficient (Wildman–Crippen LogP) is -0.0156. The van der Waals surface area contributed by atoms with Gasteiger partial charge in [0.15, 0.2) is 0 Å². The average molecular weight is 234 g/mol. The molecule has 1 aromatic heterocycles. The van der Waals surface area contributed by atoms with Gasteiger partial charge < -0.3 is 10.1 Å². The fourth-order valence-corrected chi connectivity index (χ4v) is 1.61. The number of H-pyrrole nitrogens is 1. The second kappa shape index (κ2) is 3.89. The predicted molar refractivity (Wildman–Crippen MR) is 61.2 cm³/mol. The van der Waals surface area contributed by atoms with Crippen molar-refractivity contribution >= 4 is 16.7 Å². The van der Waals surface area contributed by atoms with E-state index in [1.165, 1.54) is 25.1 Å². The normalized spacial score (nSPS) is 10.6. The Bertz CT molecular complexity index is 711. The van der Waals surface area contributed by atoms with Gasteiger partial charge in [-0.3, -0.25) is 14.2 Å². The van der Waals surface area contributed by atoms with Crippen LogP contribution in [0.4, 0.5) is 0 Å². The van der Waals surface area contributed by atoms with E-state index in [-0.39, 0.29) is 29.0 Å². The fraction of sp³-hybridized carbons (Fsp3) is 0.182. The van der Waals surface area contributed by atoms with E-state index in [2.05, 4.69) is 4.98 Å². The van der Waals surface area contributed by atoms with E-state index < -0.39 is 11.2 Å². The summed E-state index contributed by atoms with van der Waals surface area (Å²) in [5.41, 5.74) is -0.956. The Morgan fingerprint density at radius 3 is 2.76 bits per heavy atom. The van der Waals surface area contributed by atoms with E-state index in [4.69, 9.17) is 0 Å². The third-order valence-electron chi connectivity index (χ3n) is 2.35. The quantitative estimate of drug-likeness (QED) is 0.764. The molecule has 6 heteroatoms. The monoisotopic (exact) mass is 234 g/mol. The number of phenols is 1. The van der Waals surface area contributed by atoms with E-state index in [0.717, 1.165) is 4.57 Å². The molecule has 6 nitrogen and oxygen atoms in total. The number of fused-ring (bicyclic) bond motifs is 1. The van der Waals surface area contributed by atoms with Crippen LogP contribution in [0.5, 0.6) is 5.75 Å². The Morgan fingerprint density at radius 1 is 1.41 bits per heavy atom. The molecule has 2 N–H and O–H groups in total. The standard InChI is InChI=1S/C11H10N2O4/c1-6(14)5-13-10(16)8-3-2-7(15)4-9(8)12-11(13)17/h2-4,15H,5H2,1H3,(H,12,17). The molecule has 0 radical (unpaired) electrons. The second-order valence-electron chi connectivity index (χ2n) is 3.75. The number of benzene rings is 1. The number of rotatable bonds is 2. The number of hydrogen-bond donors (Lipinski definition) is 2. The highest BCUT2D eigenvalue weighted by Gasteiger charge is 2.09. The molecule has 0 atom stereocenters. The Labute approximate surface area is 95.1 Å². The van der Waals surface area contributed by atoms with Gasteiger partial charge in [0.1, 0.15) is 11.5 Å². The van der Waals surface area contributed by atoms with Crippen LogP contribution in [0.1, 0.15) is 6.92 Å². The van der Waals surface area contributed by atoms with Crippen LogP contribution in [0.3, 0.4) is 0 Å². The number of hydrogen-bond acceptors (Lipinski definition) is 4. The van der Waals surface area contributed by atoms with Crippen molar-refractivity contribution in [2.24, 2.45) is 0 Å². The van der Waals surface area contributed by atoms with Gasteiger partial charge in [-0.05, 0) is 19.1 Å². The number of carbonyl (C=O) groups is 1. The van der Waals surface area contributed by atoms with Crippen LogP contribution >= 0.6 is 0 Å². The number of aromatic nitrogens is 2. The maximum Gasteiger partial charge on any atom is 0.329 e. The second-order valence-corrected chi connectivity index (χ2v) is 3.75. The molecule has 0 spiro atoms. The molecule has 1 heterocycles. The molecule has 2 rings (SSSR count). The molecule has 0 unspecified atom stereocenters. The molecule has 0 aliphatic heterocycles. The molecule has 2 aromatic rings. The maximum absolute atomic E-state index is 11.9. The van der Waals surface area contributed by atoms with Crippen molar-refractivity contribution in [1.82, 2.24) is 9.55 Å². The summed E-state index contributed by atoms with van der Waals surface area (Å²) in [5.74, 6) is -0.326. The van der Waals surface area contributed by atoms with Crippen LogP contribution < -0.4 is 11.2 Å². The zero-order valence-electron chi connectivity index (χ0n) is 9.06. The highest BCUT2D eigenvalue weighted by atomic mass is 16.3. The molecule has 88 valence electrons. The minimum absolute atomic E-state index is 0.0446. The Morgan fingerprint density at radius 2 is 2.12 bits per heavy atom. The summed E-state index contributed by atoms with van der Waals surface area (Å²) in [6.45, 7) is 1.04. The van der Waals surface area contributed by atoms with E-state index in [1.807, 2.05) is 0 Å². The number of nitrogens with one attached hydrogen (secondary N) is 1. The van der Waals surface area contributed by atoms with Crippen molar-refractivity contribution in [3.05, 3.63) is 39.0 Å². The number of Topliss-reactive ketones (excluding diaryl/α,β-unsaturated/α-hetero) is 1. The van der Waals surface area contributed by atoms with Crippen LogP contribution in [0.15, 0.2) is 27.8 Å². The highest BCUT2D eigenvalue weighted by Crippen LogP contribution is 2.13.